The summed E-state index contributed by atoms with van der Waals surface area (Å²) >= 11 is 3.24. The zero-order valence-electron chi connectivity index (χ0n) is 10.3. The molecule has 0 bridgehead atoms. The van der Waals surface area contributed by atoms with Crippen LogP contribution in [0.4, 0.5) is 5.69 Å². The van der Waals surface area contributed by atoms with E-state index in [1.165, 1.54) is 16.9 Å². The van der Waals surface area contributed by atoms with Gasteiger partial charge in [-0.05, 0) is 18.2 Å². The van der Waals surface area contributed by atoms with E-state index >= 15 is 0 Å². The van der Waals surface area contributed by atoms with Crippen LogP contribution in [0, 0.1) is 0 Å². The number of amides is 1. The van der Waals surface area contributed by atoms with Crippen LogP contribution in [-0.4, -0.2) is 32.0 Å². The predicted molar refractivity (Wildman–Crippen MR) is 74.4 cm³/mol. The third-order valence-electron chi connectivity index (χ3n) is 2.53. The number of aryl methyl sites for hydroxylation is 1. The molecule has 8 heteroatoms. The van der Waals surface area contributed by atoms with E-state index in [-0.39, 0.29) is 23.6 Å². The monoisotopic (exact) mass is 338 g/mol. The summed E-state index contributed by atoms with van der Waals surface area (Å²) in [6.07, 6.45) is 3.35. The Morgan fingerprint density at radius 2 is 2.20 bits per heavy atom. The maximum Gasteiger partial charge on any atom is 0.337 e. The van der Waals surface area contributed by atoms with E-state index in [2.05, 4.69) is 31.6 Å². The number of aromatic carboxylic acids is 1. The number of nitrogens with one attached hydrogen (secondary N) is 1. The van der Waals surface area contributed by atoms with Gasteiger partial charge < -0.3 is 10.4 Å². The Morgan fingerprint density at radius 3 is 2.85 bits per heavy atom. The van der Waals surface area contributed by atoms with Crippen molar-refractivity contribution in [1.82, 2.24) is 15.0 Å². The Labute approximate surface area is 122 Å². The molecule has 2 N–H and O–H groups in total. The van der Waals surface area contributed by atoms with Gasteiger partial charge in [-0.1, -0.05) is 21.1 Å². The SMILES string of the molecule is O=C(CCn1ccnn1)Nc1cc(Br)ccc1C(=O)O. The second-order valence-corrected chi connectivity index (χ2v) is 4.88. The topological polar surface area (TPSA) is 97.1 Å². The highest BCUT2D eigenvalue weighted by molar-refractivity contribution is 9.10. The molecule has 0 aliphatic heterocycles. The van der Waals surface area contributed by atoms with Gasteiger partial charge in [0.15, 0.2) is 0 Å². The number of rotatable bonds is 5. The molecule has 0 radical (unpaired) electrons. The summed E-state index contributed by atoms with van der Waals surface area (Å²) in [5, 5.41) is 19.0. The number of carbonyl (C=O) groups excluding carboxylic acids is 1. The van der Waals surface area contributed by atoms with Crippen molar-refractivity contribution in [3.8, 4) is 0 Å². The van der Waals surface area contributed by atoms with Crippen molar-refractivity contribution in [3.63, 3.8) is 0 Å². The van der Waals surface area contributed by atoms with Gasteiger partial charge in [-0.15, -0.1) is 5.10 Å². The first-order valence-electron chi connectivity index (χ1n) is 5.73. The molecule has 1 amide bonds. The largest absolute Gasteiger partial charge is 0.478 e. The van der Waals surface area contributed by atoms with Gasteiger partial charge in [0.2, 0.25) is 5.91 Å². The van der Waals surface area contributed by atoms with Crippen molar-refractivity contribution in [2.75, 3.05) is 5.32 Å². The number of carboxylic acid groups (broad SMARTS) is 1. The van der Waals surface area contributed by atoms with Gasteiger partial charge in [0, 0.05) is 17.1 Å². The fourth-order valence-electron chi connectivity index (χ4n) is 1.59. The molecule has 0 spiro atoms. The summed E-state index contributed by atoms with van der Waals surface area (Å²) in [5.41, 5.74) is 0.303. The molecule has 0 fully saturated rings. The third kappa shape index (κ3) is 3.64. The highest BCUT2D eigenvalue weighted by atomic mass is 79.9. The molecule has 1 heterocycles. The molecule has 0 aliphatic carbocycles. The van der Waals surface area contributed by atoms with Gasteiger partial charge in [-0.3, -0.25) is 9.48 Å². The number of hydrogen-bond donors (Lipinski definition) is 2. The molecular formula is C12H11BrN4O3. The van der Waals surface area contributed by atoms with Crippen LogP contribution in [0.25, 0.3) is 0 Å². The van der Waals surface area contributed by atoms with Crippen molar-refractivity contribution in [3.05, 3.63) is 40.6 Å². The number of carbonyl (C=O) groups is 2. The molecule has 0 aliphatic rings. The molecule has 20 heavy (non-hydrogen) atoms. The molecule has 1 aromatic heterocycles. The van der Waals surface area contributed by atoms with Crippen LogP contribution >= 0.6 is 15.9 Å². The average Bonchev–Trinajstić information content (AvgIpc) is 2.89. The fourth-order valence-corrected chi connectivity index (χ4v) is 1.95. The van der Waals surface area contributed by atoms with Crippen molar-refractivity contribution >= 4 is 33.5 Å². The minimum Gasteiger partial charge on any atom is -0.478 e. The van der Waals surface area contributed by atoms with Crippen LogP contribution < -0.4 is 5.32 Å². The summed E-state index contributed by atoms with van der Waals surface area (Å²) in [7, 11) is 0. The van der Waals surface area contributed by atoms with Gasteiger partial charge in [0.05, 0.1) is 24.0 Å². The molecule has 0 saturated carbocycles. The van der Waals surface area contributed by atoms with Crippen molar-refractivity contribution in [2.24, 2.45) is 0 Å². The number of aromatic nitrogens is 3. The lowest BCUT2D eigenvalue weighted by molar-refractivity contribution is -0.116. The Bertz CT molecular complexity index is 628. The molecule has 2 aromatic rings. The summed E-state index contributed by atoms with van der Waals surface area (Å²) in [5.74, 6) is -1.38. The Hall–Kier alpha value is -2.22. The molecule has 0 unspecified atom stereocenters. The minimum atomic E-state index is -1.09. The smallest absolute Gasteiger partial charge is 0.337 e. The summed E-state index contributed by atoms with van der Waals surface area (Å²) in [6, 6.07) is 4.59. The predicted octanol–water partition coefficient (Wildman–Crippen LogP) is 1.77. The number of hydrogen-bond acceptors (Lipinski definition) is 4. The van der Waals surface area contributed by atoms with E-state index in [9.17, 15) is 9.59 Å². The first kappa shape index (κ1) is 14.2. The van der Waals surface area contributed by atoms with Crippen LogP contribution in [0.2, 0.25) is 0 Å². The number of benzene rings is 1. The Balaban J connectivity index is 2.03. The van der Waals surface area contributed by atoms with Crippen LogP contribution in [0.5, 0.6) is 0 Å². The number of halogens is 1. The fraction of sp³-hybridized carbons (Fsp3) is 0.167. The van der Waals surface area contributed by atoms with E-state index in [0.717, 1.165) is 0 Å². The maximum absolute atomic E-state index is 11.8. The Kier molecular flexibility index (Phi) is 4.46. The van der Waals surface area contributed by atoms with Gasteiger partial charge in [-0.25, -0.2) is 4.79 Å². The second kappa shape index (κ2) is 6.29. The highest BCUT2D eigenvalue weighted by Crippen LogP contribution is 2.21. The van der Waals surface area contributed by atoms with Crippen LogP contribution in [0.1, 0.15) is 16.8 Å². The van der Waals surface area contributed by atoms with E-state index in [1.54, 1.807) is 18.3 Å². The number of nitrogens with zero attached hydrogens (tertiary/aromatic N) is 3. The third-order valence-corrected chi connectivity index (χ3v) is 3.02. The van der Waals surface area contributed by atoms with E-state index in [1.807, 2.05) is 0 Å². The zero-order valence-corrected chi connectivity index (χ0v) is 11.9. The van der Waals surface area contributed by atoms with E-state index in [4.69, 9.17) is 5.11 Å². The normalized spacial score (nSPS) is 10.2. The van der Waals surface area contributed by atoms with Crippen molar-refractivity contribution in [2.45, 2.75) is 13.0 Å². The van der Waals surface area contributed by atoms with Crippen LogP contribution in [0.3, 0.4) is 0 Å². The minimum absolute atomic E-state index is 0.0438. The molecule has 1 aromatic carbocycles. The molecule has 2 rings (SSSR count). The molecule has 0 atom stereocenters. The lowest BCUT2D eigenvalue weighted by Crippen LogP contribution is -2.17. The van der Waals surface area contributed by atoms with Crippen molar-refractivity contribution in [1.29, 1.82) is 0 Å². The van der Waals surface area contributed by atoms with Gasteiger partial charge in [0.25, 0.3) is 0 Å². The van der Waals surface area contributed by atoms with E-state index < -0.39 is 5.97 Å². The molecule has 0 saturated heterocycles. The average molecular weight is 339 g/mol. The summed E-state index contributed by atoms with van der Waals surface area (Å²) in [6.45, 7) is 0.377. The highest BCUT2D eigenvalue weighted by Gasteiger charge is 2.13. The first-order valence-corrected chi connectivity index (χ1v) is 6.52. The molecule has 104 valence electrons. The second-order valence-electron chi connectivity index (χ2n) is 3.96. The van der Waals surface area contributed by atoms with Gasteiger partial charge in [0.1, 0.15) is 0 Å². The standard InChI is InChI=1S/C12H11BrN4O3/c13-8-1-2-9(12(19)20)10(7-8)15-11(18)3-5-17-6-4-14-16-17/h1-2,4,6-7H,3,5H2,(H,15,18)(H,19,20). The summed E-state index contributed by atoms with van der Waals surface area (Å²) in [4.78, 5) is 22.9. The quantitative estimate of drug-likeness (QED) is 0.865. The van der Waals surface area contributed by atoms with Crippen molar-refractivity contribution < 1.29 is 14.7 Å². The zero-order chi connectivity index (χ0) is 14.5. The maximum atomic E-state index is 11.8. The molecular weight excluding hydrogens is 328 g/mol. The van der Waals surface area contributed by atoms with Gasteiger partial charge >= 0.3 is 5.97 Å². The lowest BCUT2D eigenvalue weighted by atomic mass is 10.2. The molecule has 7 nitrogen and oxygen atoms in total. The first-order chi connectivity index (χ1) is 9.56. The van der Waals surface area contributed by atoms with Crippen LogP contribution in [0.15, 0.2) is 35.1 Å². The number of carboxylic acids is 1. The Morgan fingerprint density at radius 1 is 1.40 bits per heavy atom. The lowest BCUT2D eigenvalue weighted by Gasteiger charge is -2.09. The van der Waals surface area contributed by atoms with Crippen LogP contribution in [-0.2, 0) is 11.3 Å². The van der Waals surface area contributed by atoms with E-state index in [0.29, 0.717) is 11.0 Å². The number of anilines is 1. The summed E-state index contributed by atoms with van der Waals surface area (Å²) < 4.78 is 2.22. The van der Waals surface area contributed by atoms with Gasteiger partial charge in [-0.2, -0.15) is 0 Å².